The molecule has 10 rings (SSSR count). The molecule has 9 aromatic rings. The number of rotatable bonds is 3. The molecular weight excluding hydrogens is 589 g/mol. The Morgan fingerprint density at radius 3 is 1.33 bits per heavy atom. The van der Waals surface area contributed by atoms with Gasteiger partial charge >= 0.3 is 0 Å². The quantitative estimate of drug-likeness (QED) is 0.172. The fourth-order valence-corrected chi connectivity index (χ4v) is 8.43. The molecule has 0 N–H and O–H groups in total. The fraction of sp³-hybridized carbons (Fsp3) is 0.0612. The van der Waals surface area contributed by atoms with Crippen LogP contribution in [-0.2, 0) is 5.41 Å². The SMILES string of the molecule is CC1(C)c2cc(-c3cccc(-c4ccc5c6ccccc6c6ccccc6c5c4)c3)ccc2-c2ccc(-c3ccc4ccccc4c3)cc21. The van der Waals surface area contributed by atoms with Crippen LogP contribution in [0.4, 0.5) is 0 Å². The lowest BCUT2D eigenvalue weighted by Gasteiger charge is -2.23. The molecule has 0 atom stereocenters. The summed E-state index contributed by atoms with van der Waals surface area (Å²) in [6, 6.07) is 63.2. The molecule has 0 fully saturated rings. The van der Waals surface area contributed by atoms with Gasteiger partial charge in [0.15, 0.2) is 0 Å². The number of hydrogen-bond acceptors (Lipinski definition) is 0. The average molecular weight is 623 g/mol. The van der Waals surface area contributed by atoms with Gasteiger partial charge in [0.05, 0.1) is 0 Å². The monoisotopic (exact) mass is 622 g/mol. The van der Waals surface area contributed by atoms with Gasteiger partial charge in [0, 0.05) is 5.41 Å². The second-order valence-electron chi connectivity index (χ2n) is 14.1. The largest absolute Gasteiger partial charge is 0.0616 e. The number of fused-ring (bicyclic) bond motifs is 10. The van der Waals surface area contributed by atoms with Crippen molar-refractivity contribution in [3.63, 3.8) is 0 Å². The first-order chi connectivity index (χ1) is 24.0. The first kappa shape index (κ1) is 28.1. The molecule has 0 aliphatic heterocycles. The first-order valence-corrected chi connectivity index (χ1v) is 17.3. The van der Waals surface area contributed by atoms with Crippen LogP contribution in [-0.4, -0.2) is 0 Å². The maximum atomic E-state index is 2.43. The number of benzene rings is 9. The minimum atomic E-state index is -0.104. The lowest BCUT2D eigenvalue weighted by molar-refractivity contribution is 0.661. The molecule has 0 aromatic heterocycles. The van der Waals surface area contributed by atoms with Gasteiger partial charge in [0.25, 0.3) is 0 Å². The Bertz CT molecular complexity index is 2760. The van der Waals surface area contributed by atoms with Crippen LogP contribution in [0.15, 0.2) is 170 Å². The van der Waals surface area contributed by atoms with Gasteiger partial charge in [0.1, 0.15) is 0 Å². The maximum Gasteiger partial charge on any atom is 0.0159 e. The minimum absolute atomic E-state index is 0.104. The van der Waals surface area contributed by atoms with Gasteiger partial charge in [-0.15, -0.1) is 0 Å². The van der Waals surface area contributed by atoms with Crippen LogP contribution in [0.3, 0.4) is 0 Å². The van der Waals surface area contributed by atoms with E-state index in [4.69, 9.17) is 0 Å². The van der Waals surface area contributed by atoms with E-state index in [0.29, 0.717) is 0 Å². The second kappa shape index (κ2) is 10.5. The van der Waals surface area contributed by atoms with E-state index in [-0.39, 0.29) is 5.41 Å². The van der Waals surface area contributed by atoms with Crippen LogP contribution in [0.1, 0.15) is 25.0 Å². The van der Waals surface area contributed by atoms with Crippen LogP contribution in [0.25, 0.3) is 87.6 Å². The van der Waals surface area contributed by atoms with E-state index in [1.54, 1.807) is 0 Å². The third kappa shape index (κ3) is 4.31. The number of hydrogen-bond donors (Lipinski definition) is 0. The maximum absolute atomic E-state index is 2.43. The van der Waals surface area contributed by atoms with Crippen LogP contribution < -0.4 is 0 Å². The van der Waals surface area contributed by atoms with E-state index in [1.165, 1.54) is 98.7 Å². The molecule has 0 amide bonds. The Morgan fingerprint density at radius 1 is 0.286 bits per heavy atom. The molecule has 0 nitrogen and oxygen atoms in total. The normalized spacial score (nSPS) is 13.3. The zero-order valence-electron chi connectivity index (χ0n) is 27.7. The molecule has 1 aliphatic rings. The minimum Gasteiger partial charge on any atom is -0.0616 e. The van der Waals surface area contributed by atoms with Crippen molar-refractivity contribution in [3.05, 3.63) is 181 Å². The molecule has 0 bridgehead atoms. The highest BCUT2D eigenvalue weighted by atomic mass is 14.4. The molecule has 49 heavy (non-hydrogen) atoms. The van der Waals surface area contributed by atoms with Gasteiger partial charge in [-0.3, -0.25) is 0 Å². The van der Waals surface area contributed by atoms with Gasteiger partial charge in [-0.2, -0.15) is 0 Å². The summed E-state index contributed by atoms with van der Waals surface area (Å²) in [5, 5.41) is 10.4. The van der Waals surface area contributed by atoms with Crippen molar-refractivity contribution >= 4 is 43.1 Å². The van der Waals surface area contributed by atoms with Crippen molar-refractivity contribution in [2.24, 2.45) is 0 Å². The van der Waals surface area contributed by atoms with Crippen LogP contribution in [0, 0.1) is 0 Å². The van der Waals surface area contributed by atoms with Crippen molar-refractivity contribution in [2.45, 2.75) is 19.3 Å². The van der Waals surface area contributed by atoms with Gasteiger partial charge < -0.3 is 0 Å². The molecule has 1 aliphatic carbocycles. The van der Waals surface area contributed by atoms with Crippen molar-refractivity contribution in [2.75, 3.05) is 0 Å². The third-order valence-corrected chi connectivity index (χ3v) is 11.0. The standard InChI is InChI=1S/C49H34/c1-49(2)47-29-37(21-24-44(47)45-25-22-38(30-48(45)49)35-19-18-31-10-3-4-11-32(31)26-35)34-13-9-12-33(27-34)36-20-23-43-41-16-6-5-14-39(41)40-15-7-8-17-42(40)46(43)28-36/h3-30H,1-2H3. The van der Waals surface area contributed by atoms with Gasteiger partial charge in [-0.1, -0.05) is 153 Å². The summed E-state index contributed by atoms with van der Waals surface area (Å²) >= 11 is 0. The highest BCUT2D eigenvalue weighted by Gasteiger charge is 2.36. The van der Waals surface area contributed by atoms with Crippen molar-refractivity contribution < 1.29 is 0 Å². The summed E-state index contributed by atoms with van der Waals surface area (Å²) in [5.74, 6) is 0. The Balaban J connectivity index is 1.04. The zero-order chi connectivity index (χ0) is 32.7. The van der Waals surface area contributed by atoms with E-state index in [2.05, 4.69) is 184 Å². The highest BCUT2D eigenvalue weighted by Crippen LogP contribution is 2.51. The van der Waals surface area contributed by atoms with Crippen molar-refractivity contribution in [1.29, 1.82) is 0 Å². The van der Waals surface area contributed by atoms with E-state index >= 15 is 0 Å². The Kier molecular flexibility index (Phi) is 6.02. The smallest absolute Gasteiger partial charge is 0.0159 e. The Morgan fingerprint density at radius 2 is 0.714 bits per heavy atom. The molecule has 0 saturated heterocycles. The molecule has 230 valence electrons. The predicted octanol–water partition coefficient (Wildman–Crippen LogP) is 13.6. The topological polar surface area (TPSA) is 0 Å². The molecule has 0 unspecified atom stereocenters. The summed E-state index contributed by atoms with van der Waals surface area (Å²) < 4.78 is 0. The van der Waals surface area contributed by atoms with Crippen molar-refractivity contribution in [1.82, 2.24) is 0 Å². The lowest BCUT2D eigenvalue weighted by atomic mass is 9.80. The zero-order valence-corrected chi connectivity index (χ0v) is 27.7. The third-order valence-electron chi connectivity index (χ3n) is 11.0. The lowest BCUT2D eigenvalue weighted by Crippen LogP contribution is -2.15. The summed E-state index contributed by atoms with van der Waals surface area (Å²) in [6.45, 7) is 4.76. The van der Waals surface area contributed by atoms with E-state index in [1.807, 2.05) is 0 Å². The summed E-state index contributed by atoms with van der Waals surface area (Å²) in [6.07, 6.45) is 0. The van der Waals surface area contributed by atoms with E-state index in [9.17, 15) is 0 Å². The molecule has 0 radical (unpaired) electrons. The second-order valence-corrected chi connectivity index (χ2v) is 14.1. The van der Waals surface area contributed by atoms with E-state index < -0.39 is 0 Å². The highest BCUT2D eigenvalue weighted by molar-refractivity contribution is 6.25. The fourth-order valence-electron chi connectivity index (χ4n) is 8.43. The van der Waals surface area contributed by atoms with E-state index in [0.717, 1.165) is 0 Å². The van der Waals surface area contributed by atoms with Gasteiger partial charge in [0.2, 0.25) is 0 Å². The Labute approximate surface area is 286 Å². The molecular formula is C49H34. The first-order valence-electron chi connectivity index (χ1n) is 17.3. The van der Waals surface area contributed by atoms with Gasteiger partial charge in [-0.05, 0) is 129 Å². The Hall–Kier alpha value is -5.98. The van der Waals surface area contributed by atoms with Crippen LogP contribution in [0.2, 0.25) is 0 Å². The molecule has 0 heteroatoms. The van der Waals surface area contributed by atoms with Crippen LogP contribution in [0.5, 0.6) is 0 Å². The average Bonchev–Trinajstić information content (AvgIpc) is 3.39. The van der Waals surface area contributed by atoms with Crippen molar-refractivity contribution in [3.8, 4) is 44.5 Å². The molecule has 0 spiro atoms. The molecule has 0 heterocycles. The summed E-state index contributed by atoms with van der Waals surface area (Å²) in [5.41, 5.74) is 12.9. The van der Waals surface area contributed by atoms with Gasteiger partial charge in [-0.25, -0.2) is 0 Å². The summed E-state index contributed by atoms with van der Waals surface area (Å²) in [7, 11) is 0. The molecule has 9 aromatic carbocycles. The van der Waals surface area contributed by atoms with Crippen LogP contribution >= 0.6 is 0 Å². The predicted molar refractivity (Wildman–Crippen MR) is 210 cm³/mol. The summed E-state index contributed by atoms with van der Waals surface area (Å²) in [4.78, 5) is 0. The molecule has 0 saturated carbocycles.